The standard InChI is InChI=1S/C29H53N4O10P/c1-19(2)27-22-6-8-24-25(9-7-23(22)27)32(31-30-24)10-11-38-12-13-39-14-15-40-16-17-41-33-28(34)21(5)43-26(29(33)35)18-42-44(36,37)20(3)4/h19-23,26-29,34-35H,6-18H2,1-5H3,(H,36,37). The predicted molar refractivity (Wildman–Crippen MR) is 159 cm³/mol. The quantitative estimate of drug-likeness (QED) is 0.156. The van der Waals surface area contributed by atoms with Gasteiger partial charge >= 0.3 is 7.60 Å². The van der Waals surface area contributed by atoms with Gasteiger partial charge in [0.05, 0.1) is 82.6 Å². The van der Waals surface area contributed by atoms with E-state index in [-0.39, 0.29) is 19.8 Å². The molecule has 0 radical (unpaired) electrons. The molecule has 4 rings (SSSR count). The van der Waals surface area contributed by atoms with Gasteiger partial charge in [0.25, 0.3) is 0 Å². The van der Waals surface area contributed by atoms with Crippen molar-refractivity contribution in [3.05, 3.63) is 11.4 Å². The summed E-state index contributed by atoms with van der Waals surface area (Å²) in [5.41, 5.74) is 1.84. The van der Waals surface area contributed by atoms with Crippen molar-refractivity contribution in [3.8, 4) is 0 Å². The number of aliphatic hydroxyl groups is 2. The van der Waals surface area contributed by atoms with Crippen molar-refractivity contribution >= 4 is 7.60 Å². The zero-order valence-electron chi connectivity index (χ0n) is 26.8. The van der Waals surface area contributed by atoms with Crippen molar-refractivity contribution in [1.29, 1.82) is 0 Å². The van der Waals surface area contributed by atoms with Gasteiger partial charge < -0.3 is 38.6 Å². The molecule has 1 aromatic rings. The molecule has 0 bridgehead atoms. The molecule has 3 N–H and O–H groups in total. The molecule has 8 unspecified atom stereocenters. The number of morpholine rings is 1. The lowest BCUT2D eigenvalue weighted by Gasteiger charge is -2.43. The average Bonchev–Trinajstić information content (AvgIpc) is 3.53. The fourth-order valence-corrected chi connectivity index (χ4v) is 7.00. The summed E-state index contributed by atoms with van der Waals surface area (Å²) in [7, 11) is -3.84. The second-order valence-electron chi connectivity index (χ2n) is 12.6. The molecule has 1 saturated carbocycles. The summed E-state index contributed by atoms with van der Waals surface area (Å²) in [5, 5.41) is 30.8. The Labute approximate surface area is 260 Å². The lowest BCUT2D eigenvalue weighted by atomic mass is 10.0. The van der Waals surface area contributed by atoms with E-state index in [1.165, 1.54) is 18.5 Å². The molecule has 15 heteroatoms. The van der Waals surface area contributed by atoms with Crippen molar-refractivity contribution in [2.75, 3.05) is 52.9 Å². The van der Waals surface area contributed by atoms with Crippen LogP contribution in [0.2, 0.25) is 0 Å². The van der Waals surface area contributed by atoms with Gasteiger partial charge in [-0.15, -0.1) is 10.2 Å². The largest absolute Gasteiger partial charge is 0.377 e. The Balaban J connectivity index is 1.02. The van der Waals surface area contributed by atoms with Crippen LogP contribution < -0.4 is 0 Å². The first-order chi connectivity index (χ1) is 21.0. The van der Waals surface area contributed by atoms with Gasteiger partial charge in [-0.3, -0.25) is 9.40 Å². The summed E-state index contributed by atoms with van der Waals surface area (Å²) in [6.07, 6.45) is 0.211. The molecule has 1 saturated heterocycles. The number of fused-ring (bicyclic) bond motifs is 2. The van der Waals surface area contributed by atoms with E-state index in [0.29, 0.717) is 39.6 Å². The van der Waals surface area contributed by atoms with Crippen molar-refractivity contribution in [3.63, 3.8) is 0 Å². The first-order valence-corrected chi connectivity index (χ1v) is 17.7. The zero-order chi connectivity index (χ0) is 31.9. The van der Waals surface area contributed by atoms with Gasteiger partial charge in [0.15, 0.2) is 12.5 Å². The Morgan fingerprint density at radius 1 is 0.932 bits per heavy atom. The number of aromatic nitrogens is 3. The van der Waals surface area contributed by atoms with Crippen LogP contribution >= 0.6 is 7.60 Å². The van der Waals surface area contributed by atoms with Gasteiger partial charge in [-0.25, -0.2) is 4.68 Å². The molecule has 8 atom stereocenters. The summed E-state index contributed by atoms with van der Waals surface area (Å²) < 4.78 is 41.6. The van der Waals surface area contributed by atoms with E-state index < -0.39 is 37.9 Å². The molecular formula is C29H53N4O10P. The highest BCUT2D eigenvalue weighted by atomic mass is 31.2. The molecule has 2 fully saturated rings. The molecule has 3 aliphatic rings. The van der Waals surface area contributed by atoms with E-state index in [0.717, 1.165) is 47.3 Å². The van der Waals surface area contributed by atoms with Crippen LogP contribution in [0.1, 0.15) is 58.8 Å². The second kappa shape index (κ2) is 16.7. The van der Waals surface area contributed by atoms with Gasteiger partial charge in [0.2, 0.25) is 0 Å². The Kier molecular flexibility index (Phi) is 13.6. The molecule has 0 aromatic carbocycles. The second-order valence-corrected chi connectivity index (χ2v) is 15.0. The molecular weight excluding hydrogens is 595 g/mol. The smallest absolute Gasteiger partial charge is 0.330 e. The zero-order valence-corrected chi connectivity index (χ0v) is 27.7. The summed E-state index contributed by atoms with van der Waals surface area (Å²) in [5.74, 6) is 3.39. The van der Waals surface area contributed by atoms with E-state index in [2.05, 4.69) is 24.2 Å². The van der Waals surface area contributed by atoms with Crippen molar-refractivity contribution in [2.45, 2.75) is 97.2 Å². The third-order valence-electron chi connectivity index (χ3n) is 8.91. The van der Waals surface area contributed by atoms with Crippen LogP contribution in [0.25, 0.3) is 0 Å². The molecule has 2 aliphatic carbocycles. The lowest BCUT2D eigenvalue weighted by molar-refractivity contribution is -0.377. The topological polar surface area (TPSA) is 167 Å². The minimum Gasteiger partial charge on any atom is -0.377 e. The first-order valence-electron chi connectivity index (χ1n) is 16.1. The average molecular weight is 649 g/mol. The molecule has 44 heavy (non-hydrogen) atoms. The van der Waals surface area contributed by atoms with Crippen molar-refractivity contribution in [2.24, 2.45) is 23.7 Å². The van der Waals surface area contributed by atoms with E-state index in [1.807, 2.05) is 4.68 Å². The van der Waals surface area contributed by atoms with Crippen LogP contribution in [0.4, 0.5) is 0 Å². The van der Waals surface area contributed by atoms with Crippen LogP contribution in [-0.4, -0.2) is 118 Å². The fraction of sp³-hybridized carbons (Fsp3) is 0.931. The van der Waals surface area contributed by atoms with Gasteiger partial charge in [-0.1, -0.05) is 32.9 Å². The number of hydrogen-bond acceptors (Lipinski definition) is 12. The number of aliphatic hydroxyl groups excluding tert-OH is 2. The number of ether oxygens (including phenoxy) is 4. The number of rotatable bonds is 18. The van der Waals surface area contributed by atoms with E-state index in [9.17, 15) is 19.7 Å². The van der Waals surface area contributed by atoms with Gasteiger partial charge in [0, 0.05) is 0 Å². The molecule has 254 valence electrons. The summed E-state index contributed by atoms with van der Waals surface area (Å²) in [6.45, 7) is 12.3. The maximum atomic E-state index is 12.1. The van der Waals surface area contributed by atoms with Crippen LogP contribution in [0.5, 0.6) is 0 Å². The minimum absolute atomic E-state index is 0.0630. The van der Waals surface area contributed by atoms with Crippen LogP contribution in [0.3, 0.4) is 0 Å². The highest BCUT2D eigenvalue weighted by molar-refractivity contribution is 7.53. The Morgan fingerprint density at radius 2 is 1.55 bits per heavy atom. The Hall–Kier alpha value is -1.03. The van der Waals surface area contributed by atoms with E-state index in [4.69, 9.17) is 28.3 Å². The van der Waals surface area contributed by atoms with Crippen LogP contribution in [0.15, 0.2) is 0 Å². The molecule has 1 aliphatic heterocycles. The predicted octanol–water partition coefficient (Wildman–Crippen LogP) is 1.99. The lowest BCUT2D eigenvalue weighted by Crippen LogP contribution is -2.61. The van der Waals surface area contributed by atoms with Gasteiger partial charge in [-0.05, 0) is 56.3 Å². The SMILES string of the molecule is CC(C)C1C2CCc3nnn(CCOCCOCCOCCON4C(O)C(C)OC(COP(=O)(O)C(C)C)C4O)c3CCC21. The molecule has 0 amide bonds. The van der Waals surface area contributed by atoms with Gasteiger partial charge in [0.1, 0.15) is 6.10 Å². The number of hydroxylamine groups is 2. The van der Waals surface area contributed by atoms with E-state index in [1.54, 1.807) is 20.8 Å². The van der Waals surface area contributed by atoms with Gasteiger partial charge in [-0.2, -0.15) is 0 Å². The minimum atomic E-state index is -3.84. The summed E-state index contributed by atoms with van der Waals surface area (Å²) in [6, 6.07) is 0. The summed E-state index contributed by atoms with van der Waals surface area (Å²) >= 11 is 0. The molecule has 2 heterocycles. The monoisotopic (exact) mass is 648 g/mol. The van der Waals surface area contributed by atoms with Crippen molar-refractivity contribution in [1.82, 2.24) is 20.1 Å². The molecule has 0 spiro atoms. The summed E-state index contributed by atoms with van der Waals surface area (Å²) in [4.78, 5) is 15.4. The third kappa shape index (κ3) is 9.51. The third-order valence-corrected chi connectivity index (χ3v) is 10.7. The first kappa shape index (κ1) is 35.8. The van der Waals surface area contributed by atoms with Crippen molar-refractivity contribution < 1.29 is 48.0 Å². The number of nitrogens with zero attached hydrogens (tertiary/aromatic N) is 4. The van der Waals surface area contributed by atoms with E-state index >= 15 is 0 Å². The maximum absolute atomic E-state index is 12.1. The number of aryl methyl sites for hydroxylation is 1. The highest BCUT2D eigenvalue weighted by Gasteiger charge is 2.51. The molecule has 14 nitrogen and oxygen atoms in total. The fourth-order valence-electron chi connectivity index (χ4n) is 6.34. The Bertz CT molecular complexity index is 1060. The normalized spacial score (nSPS) is 30.5. The highest BCUT2D eigenvalue weighted by Crippen LogP contribution is 2.56. The maximum Gasteiger partial charge on any atom is 0.330 e. The van der Waals surface area contributed by atoms with Crippen LogP contribution in [-0.2, 0) is 52.3 Å². The molecule has 1 aromatic heterocycles. The van der Waals surface area contributed by atoms with Crippen LogP contribution in [0, 0.1) is 23.7 Å². The Morgan fingerprint density at radius 3 is 2.18 bits per heavy atom. The number of hydrogen-bond donors (Lipinski definition) is 3.